The molecule has 0 aromatic heterocycles. The predicted octanol–water partition coefficient (Wildman–Crippen LogP) is 5.44. The zero-order valence-corrected chi connectivity index (χ0v) is 30.9. The first-order valence-electron chi connectivity index (χ1n) is 16.7. The lowest BCUT2D eigenvalue weighted by Crippen LogP contribution is -2.74. The zero-order valence-electron chi connectivity index (χ0n) is 29.2. The van der Waals surface area contributed by atoms with Gasteiger partial charge >= 0.3 is 0 Å². The van der Waals surface area contributed by atoms with Crippen LogP contribution in [0.5, 0.6) is 11.5 Å². The second-order valence-electron chi connectivity index (χ2n) is 13.4. The van der Waals surface area contributed by atoms with E-state index in [1.807, 2.05) is 43.3 Å². The van der Waals surface area contributed by atoms with E-state index in [2.05, 4.69) is 33.2 Å². The molecule has 1 heterocycles. The van der Waals surface area contributed by atoms with Gasteiger partial charge in [0.25, 0.3) is 0 Å². The number of hydrogen-bond donors (Lipinski definition) is 5. The van der Waals surface area contributed by atoms with Crippen LogP contribution in [-0.4, -0.2) is 95.1 Å². The maximum absolute atomic E-state index is 13.2. The summed E-state index contributed by atoms with van der Waals surface area (Å²) in [6.07, 6.45) is 7.61. The van der Waals surface area contributed by atoms with E-state index in [-0.39, 0.29) is 29.1 Å². The number of hydrogen-bond acceptors (Lipinski definition) is 10. The number of alkyl halides is 1. The number of nitrogens with zero attached hydrogens (tertiary/aromatic N) is 1. The Bertz CT molecular complexity index is 1430. The SMILES string of the molecule is C=CC(=O)Nc1cc(NC2NC(Nc3ccccc3P(C)(C)=O)C(Cl)C3(CCCCCCC3)N2)c(OC)cc1O[C@@H](COC)CN(C)C. The number of benzene rings is 2. The van der Waals surface area contributed by atoms with Crippen LogP contribution >= 0.6 is 18.7 Å². The molecule has 1 aliphatic carbocycles. The van der Waals surface area contributed by atoms with Gasteiger partial charge < -0.3 is 39.6 Å². The van der Waals surface area contributed by atoms with Crippen molar-refractivity contribution in [2.45, 2.75) is 74.4 Å². The summed E-state index contributed by atoms with van der Waals surface area (Å²) < 4.78 is 30.9. The van der Waals surface area contributed by atoms with Crippen molar-refractivity contribution in [3.63, 3.8) is 0 Å². The van der Waals surface area contributed by atoms with E-state index in [0.717, 1.165) is 49.5 Å². The average Bonchev–Trinajstić information content (AvgIpc) is 3.02. The first kappa shape index (κ1) is 38.0. The molecule has 13 heteroatoms. The van der Waals surface area contributed by atoms with E-state index in [9.17, 15) is 9.36 Å². The molecule has 2 fully saturated rings. The van der Waals surface area contributed by atoms with Crippen LogP contribution in [0.15, 0.2) is 49.1 Å². The Morgan fingerprint density at radius 2 is 1.75 bits per heavy atom. The van der Waals surface area contributed by atoms with Crippen LogP contribution in [0.2, 0.25) is 0 Å². The van der Waals surface area contributed by atoms with E-state index in [0.29, 0.717) is 36.0 Å². The number of para-hydroxylation sites is 1. The van der Waals surface area contributed by atoms with Crippen molar-refractivity contribution in [1.82, 2.24) is 15.5 Å². The maximum Gasteiger partial charge on any atom is 0.247 e. The van der Waals surface area contributed by atoms with Crippen LogP contribution in [0.3, 0.4) is 0 Å². The Hall–Kier alpha value is -2.79. The van der Waals surface area contributed by atoms with Crippen LogP contribution < -0.4 is 41.4 Å². The fraction of sp³-hybridized carbons (Fsp3) is 0.571. The maximum atomic E-state index is 13.2. The van der Waals surface area contributed by atoms with Gasteiger partial charge in [0, 0.05) is 36.3 Å². The van der Waals surface area contributed by atoms with Gasteiger partial charge in [-0.1, -0.05) is 50.8 Å². The van der Waals surface area contributed by atoms with Crippen LogP contribution in [-0.2, 0) is 14.1 Å². The summed E-state index contributed by atoms with van der Waals surface area (Å²) in [5, 5.41) is 18.1. The first-order valence-corrected chi connectivity index (χ1v) is 19.7. The number of rotatable bonds is 14. The lowest BCUT2D eigenvalue weighted by Gasteiger charge is -2.51. The van der Waals surface area contributed by atoms with Crippen LogP contribution in [0.25, 0.3) is 0 Å². The number of carbonyl (C=O) groups excluding carboxylic acids is 1. The third-order valence-electron chi connectivity index (χ3n) is 8.90. The highest BCUT2D eigenvalue weighted by atomic mass is 35.5. The van der Waals surface area contributed by atoms with Gasteiger partial charge in [0.2, 0.25) is 5.91 Å². The van der Waals surface area contributed by atoms with E-state index >= 15 is 0 Å². The predicted molar refractivity (Wildman–Crippen MR) is 198 cm³/mol. The van der Waals surface area contributed by atoms with Crippen molar-refractivity contribution in [3.05, 3.63) is 49.1 Å². The second kappa shape index (κ2) is 17.2. The van der Waals surface area contributed by atoms with E-state index in [1.165, 1.54) is 12.5 Å². The van der Waals surface area contributed by atoms with Gasteiger partial charge in [0.1, 0.15) is 31.0 Å². The van der Waals surface area contributed by atoms with Gasteiger partial charge in [0.05, 0.1) is 36.6 Å². The summed E-state index contributed by atoms with van der Waals surface area (Å²) in [6, 6.07) is 11.3. The van der Waals surface area contributed by atoms with Crippen molar-refractivity contribution in [1.29, 1.82) is 0 Å². The molecule has 11 nitrogen and oxygen atoms in total. The molecule has 1 amide bonds. The first-order chi connectivity index (χ1) is 22.9. The van der Waals surface area contributed by atoms with Gasteiger partial charge in [-0.3, -0.25) is 15.4 Å². The summed E-state index contributed by atoms with van der Waals surface area (Å²) in [6.45, 7) is 8.14. The summed E-state index contributed by atoms with van der Waals surface area (Å²) >= 11 is 7.42. The molecular weight excluding hydrogens is 651 g/mol. The molecule has 4 rings (SSSR count). The summed E-state index contributed by atoms with van der Waals surface area (Å²) in [7, 11) is 4.58. The van der Waals surface area contributed by atoms with Gasteiger partial charge in [-0.15, -0.1) is 11.6 Å². The molecule has 1 saturated carbocycles. The number of ether oxygens (including phenoxy) is 3. The molecular formula is C35H54ClN6O5P. The number of halogens is 1. The molecule has 3 unspecified atom stereocenters. The number of amides is 1. The van der Waals surface area contributed by atoms with Crippen molar-refractivity contribution in [2.24, 2.45) is 0 Å². The van der Waals surface area contributed by atoms with Gasteiger partial charge in [-0.2, -0.15) is 0 Å². The normalized spacial score (nSPS) is 21.9. The fourth-order valence-corrected chi connectivity index (χ4v) is 8.23. The van der Waals surface area contributed by atoms with Gasteiger partial charge in [-0.05, 0) is 64.5 Å². The Morgan fingerprint density at radius 3 is 2.38 bits per heavy atom. The molecule has 1 saturated heterocycles. The average molecular weight is 705 g/mol. The van der Waals surface area contributed by atoms with E-state index < -0.39 is 13.4 Å². The van der Waals surface area contributed by atoms with E-state index in [4.69, 9.17) is 25.8 Å². The molecule has 0 radical (unpaired) electrons. The third kappa shape index (κ3) is 9.89. The fourth-order valence-electron chi connectivity index (χ4n) is 6.65. The summed E-state index contributed by atoms with van der Waals surface area (Å²) in [5.74, 6) is 0.600. The minimum Gasteiger partial charge on any atom is -0.494 e. The van der Waals surface area contributed by atoms with Crippen molar-refractivity contribution in [2.75, 3.05) is 70.7 Å². The largest absolute Gasteiger partial charge is 0.494 e. The lowest BCUT2D eigenvalue weighted by molar-refractivity contribution is -0.111. The number of carbonyl (C=O) groups is 1. The third-order valence-corrected chi connectivity index (χ3v) is 11.1. The lowest BCUT2D eigenvalue weighted by atomic mass is 9.79. The van der Waals surface area contributed by atoms with Crippen LogP contribution in [0, 0.1) is 0 Å². The van der Waals surface area contributed by atoms with Crippen molar-refractivity contribution >= 4 is 47.0 Å². The minimum absolute atomic E-state index is 0.300. The quantitative estimate of drug-likeness (QED) is 0.0987. The highest BCUT2D eigenvalue weighted by molar-refractivity contribution is 7.70. The van der Waals surface area contributed by atoms with Gasteiger partial charge in [-0.25, -0.2) is 0 Å². The topological polar surface area (TPSA) is 125 Å². The monoisotopic (exact) mass is 704 g/mol. The molecule has 4 atom stereocenters. The molecule has 48 heavy (non-hydrogen) atoms. The number of methoxy groups -OCH3 is 2. The molecule has 1 spiro atoms. The molecule has 0 bridgehead atoms. The molecule has 5 N–H and O–H groups in total. The number of anilines is 3. The standard InChI is InChI=1S/C35H54ClN6O5P/c1-8-31(43)37-27-20-26(28(46-5)21-29(27)47-24(23-45-4)22-42(2)3)39-34-40-33(38-25-16-12-13-17-30(25)48(6,7)44)32(36)35(41-34)18-14-10-9-11-15-19-35/h8,12-13,16-17,20-21,24,32-34,38-41H,1,9-11,14-15,18-19,22-23H2,2-7H3,(H,37,43)/t24-,32?,33?,34?/m1/s1. The van der Waals surface area contributed by atoms with Crippen LogP contribution in [0.1, 0.15) is 44.9 Å². The van der Waals surface area contributed by atoms with Crippen molar-refractivity contribution < 1.29 is 23.6 Å². The Kier molecular flexibility index (Phi) is 13.6. The Balaban J connectivity index is 1.71. The highest BCUT2D eigenvalue weighted by Crippen LogP contribution is 2.41. The summed E-state index contributed by atoms with van der Waals surface area (Å²) in [4.78, 5) is 14.6. The zero-order chi connectivity index (χ0) is 34.9. The Morgan fingerprint density at radius 1 is 1.06 bits per heavy atom. The number of likely N-dealkylation sites (N-methyl/N-ethyl adjacent to an activating group) is 1. The number of nitrogens with one attached hydrogen (secondary N) is 5. The van der Waals surface area contributed by atoms with Crippen molar-refractivity contribution in [3.8, 4) is 11.5 Å². The molecule has 2 aliphatic rings. The highest BCUT2D eigenvalue weighted by Gasteiger charge is 2.47. The van der Waals surface area contributed by atoms with E-state index in [1.54, 1.807) is 39.7 Å². The smallest absolute Gasteiger partial charge is 0.247 e. The van der Waals surface area contributed by atoms with Crippen LogP contribution in [0.4, 0.5) is 17.1 Å². The second-order valence-corrected chi connectivity index (χ2v) is 17.1. The molecule has 266 valence electrons. The molecule has 2 aromatic carbocycles. The van der Waals surface area contributed by atoms with Gasteiger partial charge in [0.15, 0.2) is 0 Å². The Labute approximate surface area is 291 Å². The molecule has 2 aromatic rings. The summed E-state index contributed by atoms with van der Waals surface area (Å²) in [5.41, 5.74) is 1.51. The minimum atomic E-state index is -2.57. The molecule has 1 aliphatic heterocycles.